The minimum atomic E-state index is -0.634. The second-order valence-electron chi connectivity index (χ2n) is 10.6. The Morgan fingerprint density at radius 2 is 0.500 bits per heavy atom. The molecular formula is C30H65ClP. The number of hydrogen-bond donors (Lipinski definition) is 0. The van der Waals surface area contributed by atoms with E-state index in [0.717, 1.165) is 0 Å². The average molecular weight is 492 g/mol. The molecule has 0 saturated carbocycles. The molecule has 2 heteroatoms. The van der Waals surface area contributed by atoms with E-state index in [-0.39, 0.29) is 12.4 Å². The molecular weight excluding hydrogens is 427 g/mol. The maximum atomic E-state index is 2.39. The Bertz CT molecular complexity index is 309. The van der Waals surface area contributed by atoms with Gasteiger partial charge in [0.15, 0.2) is 0 Å². The SMILES string of the molecule is CCCCCCCCCCCCCCCCCC[P](CCCC)(CCCC)CCCC.Cl. The van der Waals surface area contributed by atoms with Crippen LogP contribution in [-0.4, -0.2) is 24.6 Å². The Morgan fingerprint density at radius 3 is 0.781 bits per heavy atom. The molecule has 0 aromatic carbocycles. The Balaban J connectivity index is 0. The number of halogens is 1. The Morgan fingerprint density at radius 1 is 0.281 bits per heavy atom. The van der Waals surface area contributed by atoms with Gasteiger partial charge in [-0.3, -0.25) is 0 Å². The van der Waals surface area contributed by atoms with Crippen molar-refractivity contribution in [3.8, 4) is 0 Å². The topological polar surface area (TPSA) is 0 Å². The van der Waals surface area contributed by atoms with E-state index in [1.807, 2.05) is 0 Å². The molecule has 0 heterocycles. The Hall–Kier alpha value is 0.720. The summed E-state index contributed by atoms with van der Waals surface area (Å²) in [6, 6.07) is 0. The first-order valence-corrected chi connectivity index (χ1v) is 17.6. The molecule has 0 amide bonds. The lowest BCUT2D eigenvalue weighted by Gasteiger charge is -2.37. The number of hydrogen-bond acceptors (Lipinski definition) is 0. The van der Waals surface area contributed by atoms with E-state index in [4.69, 9.17) is 0 Å². The van der Waals surface area contributed by atoms with E-state index < -0.39 is 7.26 Å². The molecule has 0 unspecified atom stereocenters. The van der Waals surface area contributed by atoms with Gasteiger partial charge in [-0.05, 0) is 50.3 Å². The van der Waals surface area contributed by atoms with Crippen molar-refractivity contribution in [2.45, 2.75) is 169 Å². The van der Waals surface area contributed by atoms with Gasteiger partial charge in [0.1, 0.15) is 0 Å². The van der Waals surface area contributed by atoms with Crippen molar-refractivity contribution in [3.05, 3.63) is 0 Å². The zero-order valence-electron chi connectivity index (χ0n) is 23.2. The van der Waals surface area contributed by atoms with Gasteiger partial charge in [0.25, 0.3) is 0 Å². The van der Waals surface area contributed by atoms with Crippen LogP contribution in [0.15, 0.2) is 0 Å². The molecule has 32 heavy (non-hydrogen) atoms. The van der Waals surface area contributed by atoms with E-state index in [2.05, 4.69) is 27.7 Å². The molecule has 0 bridgehead atoms. The summed E-state index contributed by atoms with van der Waals surface area (Å²) >= 11 is 0. The highest BCUT2D eigenvalue weighted by Gasteiger charge is 2.24. The monoisotopic (exact) mass is 491 g/mol. The smallest absolute Gasteiger partial charge is 0.0359 e. The zero-order valence-corrected chi connectivity index (χ0v) is 25.0. The van der Waals surface area contributed by atoms with Crippen LogP contribution in [0.1, 0.15) is 169 Å². The lowest BCUT2D eigenvalue weighted by atomic mass is 10.0. The van der Waals surface area contributed by atoms with Crippen molar-refractivity contribution >= 4 is 19.7 Å². The Kier molecular flexibility index (Phi) is 30.5. The molecule has 0 N–H and O–H groups in total. The van der Waals surface area contributed by atoms with E-state index in [1.165, 1.54) is 135 Å². The van der Waals surface area contributed by atoms with Crippen molar-refractivity contribution in [3.63, 3.8) is 0 Å². The summed E-state index contributed by atoms with van der Waals surface area (Å²) in [5, 5.41) is 0. The summed E-state index contributed by atoms with van der Waals surface area (Å²) in [6.45, 7) is 9.48. The molecule has 0 fully saturated rings. The first kappa shape index (κ1) is 34.9. The van der Waals surface area contributed by atoms with Crippen LogP contribution in [0.3, 0.4) is 0 Å². The third-order valence-corrected chi connectivity index (χ3v) is 12.5. The minimum Gasteiger partial charge on any atom is -0.147 e. The molecule has 0 aromatic rings. The fourth-order valence-corrected chi connectivity index (χ4v) is 10.3. The van der Waals surface area contributed by atoms with Crippen LogP contribution >= 0.6 is 19.7 Å². The number of unbranched alkanes of at least 4 members (excludes halogenated alkanes) is 18. The highest BCUT2D eigenvalue weighted by molar-refractivity contribution is 7.75. The molecule has 0 aliphatic rings. The van der Waals surface area contributed by atoms with Gasteiger partial charge in [0.2, 0.25) is 0 Å². The fourth-order valence-electron chi connectivity index (χ4n) is 5.15. The van der Waals surface area contributed by atoms with Crippen LogP contribution in [0.25, 0.3) is 0 Å². The second kappa shape index (κ2) is 28.0. The van der Waals surface area contributed by atoms with Gasteiger partial charge in [-0.1, -0.05) is 143 Å². The molecule has 0 atom stereocenters. The molecule has 0 rings (SSSR count). The highest BCUT2D eigenvalue weighted by atomic mass is 35.5. The largest absolute Gasteiger partial charge is 0.147 e. The van der Waals surface area contributed by atoms with E-state index in [0.29, 0.717) is 0 Å². The number of rotatable bonds is 26. The lowest BCUT2D eigenvalue weighted by molar-refractivity contribution is 0.531. The van der Waals surface area contributed by atoms with Crippen LogP contribution in [0.4, 0.5) is 0 Å². The first-order valence-electron chi connectivity index (χ1n) is 15.1. The fraction of sp³-hybridized carbons (Fsp3) is 1.00. The van der Waals surface area contributed by atoms with Crippen molar-refractivity contribution < 1.29 is 0 Å². The molecule has 0 spiro atoms. The molecule has 0 nitrogen and oxygen atoms in total. The van der Waals surface area contributed by atoms with Gasteiger partial charge < -0.3 is 0 Å². The molecule has 0 saturated heterocycles. The van der Waals surface area contributed by atoms with Gasteiger partial charge in [-0.2, -0.15) is 0 Å². The predicted molar refractivity (Wildman–Crippen MR) is 158 cm³/mol. The molecule has 0 aromatic heterocycles. The quantitative estimate of drug-likeness (QED) is 0.0832. The molecule has 0 aliphatic carbocycles. The highest BCUT2D eigenvalue weighted by Crippen LogP contribution is 2.61. The van der Waals surface area contributed by atoms with Crippen LogP contribution < -0.4 is 0 Å². The lowest BCUT2D eigenvalue weighted by Crippen LogP contribution is -2.13. The summed E-state index contributed by atoms with van der Waals surface area (Å²) in [5.74, 6) is 0. The van der Waals surface area contributed by atoms with Crippen molar-refractivity contribution in [1.82, 2.24) is 0 Å². The van der Waals surface area contributed by atoms with Gasteiger partial charge in [0.05, 0.1) is 0 Å². The average Bonchev–Trinajstić information content (AvgIpc) is 2.79. The van der Waals surface area contributed by atoms with Gasteiger partial charge in [0, 0.05) is 0 Å². The first-order chi connectivity index (χ1) is 15.2. The molecule has 197 valence electrons. The third-order valence-electron chi connectivity index (χ3n) is 7.44. The van der Waals surface area contributed by atoms with Crippen molar-refractivity contribution in [2.24, 2.45) is 0 Å². The van der Waals surface area contributed by atoms with E-state index in [9.17, 15) is 0 Å². The van der Waals surface area contributed by atoms with Crippen LogP contribution in [0, 0.1) is 0 Å². The zero-order chi connectivity index (χ0) is 22.9. The van der Waals surface area contributed by atoms with Crippen molar-refractivity contribution in [2.75, 3.05) is 24.6 Å². The van der Waals surface area contributed by atoms with Crippen molar-refractivity contribution in [1.29, 1.82) is 0 Å². The third kappa shape index (κ3) is 22.5. The minimum absolute atomic E-state index is 0. The summed E-state index contributed by atoms with van der Waals surface area (Å²) in [6.07, 6.45) is 39.0. The van der Waals surface area contributed by atoms with E-state index >= 15 is 0 Å². The van der Waals surface area contributed by atoms with Gasteiger partial charge >= 0.3 is 0 Å². The Labute approximate surface area is 213 Å². The maximum absolute atomic E-state index is 2.39. The maximum Gasteiger partial charge on any atom is -0.0359 e. The van der Waals surface area contributed by atoms with Gasteiger partial charge in [-0.25, -0.2) is 0 Å². The standard InChI is InChI=1S/C30H64P.ClH/c1-5-9-13-14-15-16-17-18-19-20-21-22-23-24-25-26-30-31(27-10-6-2,28-11-7-3)29-12-8-4;/h5-30H2,1-4H3;1H. The van der Waals surface area contributed by atoms with Crippen LogP contribution in [0.2, 0.25) is 0 Å². The molecule has 1 radical (unpaired) electrons. The molecule has 0 aliphatic heterocycles. The van der Waals surface area contributed by atoms with E-state index in [1.54, 1.807) is 31.1 Å². The summed E-state index contributed by atoms with van der Waals surface area (Å²) in [4.78, 5) is 0. The summed E-state index contributed by atoms with van der Waals surface area (Å²) in [5.41, 5.74) is 0. The predicted octanol–water partition coefficient (Wildman–Crippen LogP) is 12.1. The summed E-state index contributed by atoms with van der Waals surface area (Å²) in [7, 11) is -0.634. The van der Waals surface area contributed by atoms with Crippen LogP contribution in [0.5, 0.6) is 0 Å². The van der Waals surface area contributed by atoms with Crippen LogP contribution in [-0.2, 0) is 0 Å². The normalized spacial score (nSPS) is 11.6. The van der Waals surface area contributed by atoms with Gasteiger partial charge in [-0.15, -0.1) is 19.7 Å². The second-order valence-corrected chi connectivity index (χ2v) is 15.1. The summed E-state index contributed by atoms with van der Waals surface area (Å²) < 4.78 is 0.